The van der Waals surface area contributed by atoms with Crippen LogP contribution in [0.15, 0.2) is 29.4 Å². The number of hydrogen-bond donors (Lipinski definition) is 3. The molecule has 17 heavy (non-hydrogen) atoms. The van der Waals surface area contributed by atoms with Gasteiger partial charge >= 0.3 is 0 Å². The number of hydrazone groups is 1. The first-order chi connectivity index (χ1) is 8.16. The van der Waals surface area contributed by atoms with E-state index < -0.39 is 12.0 Å². The minimum absolute atomic E-state index is 0.114. The van der Waals surface area contributed by atoms with Gasteiger partial charge in [0.2, 0.25) is 12.1 Å². The molecule has 0 fully saturated rings. The van der Waals surface area contributed by atoms with E-state index in [1.54, 1.807) is 18.2 Å². The Kier molecular flexibility index (Phi) is 2.99. The second-order valence-corrected chi connectivity index (χ2v) is 3.38. The van der Waals surface area contributed by atoms with Crippen LogP contribution in [-0.2, 0) is 4.79 Å². The average Bonchev–Trinajstić information content (AvgIpc) is 2.35. The van der Waals surface area contributed by atoms with E-state index in [0.29, 0.717) is 11.5 Å². The maximum atomic E-state index is 11.6. The fourth-order valence-electron chi connectivity index (χ4n) is 1.34. The Morgan fingerprint density at radius 1 is 1.35 bits per heavy atom. The lowest BCUT2D eigenvalue weighted by atomic mass is 10.2. The fourth-order valence-corrected chi connectivity index (χ4v) is 1.34. The van der Waals surface area contributed by atoms with Gasteiger partial charge < -0.3 is 20.9 Å². The molecule has 1 aliphatic rings. The van der Waals surface area contributed by atoms with Crippen molar-refractivity contribution in [2.24, 2.45) is 16.6 Å². The summed E-state index contributed by atoms with van der Waals surface area (Å²) in [6, 6.07) is 7.09. The van der Waals surface area contributed by atoms with Crippen molar-refractivity contribution in [3.63, 3.8) is 0 Å². The summed E-state index contributed by atoms with van der Waals surface area (Å²) >= 11 is 0. The van der Waals surface area contributed by atoms with Gasteiger partial charge in [-0.05, 0) is 12.1 Å². The first-order valence-electron chi connectivity index (χ1n) is 4.94. The molecular weight excluding hydrogens is 224 g/mol. The first kappa shape index (κ1) is 11.1. The third-order valence-electron chi connectivity index (χ3n) is 2.10. The molecule has 0 saturated carbocycles. The number of rotatable bonds is 2. The average molecular weight is 236 g/mol. The van der Waals surface area contributed by atoms with E-state index in [0.717, 1.165) is 0 Å². The van der Waals surface area contributed by atoms with Crippen LogP contribution in [0.4, 0.5) is 0 Å². The van der Waals surface area contributed by atoms with Crippen LogP contribution in [0.2, 0.25) is 0 Å². The van der Waals surface area contributed by atoms with Gasteiger partial charge in [0.25, 0.3) is 5.91 Å². The molecule has 1 aliphatic heterocycles. The number of amides is 1. The zero-order chi connectivity index (χ0) is 12.3. The molecule has 7 nitrogen and oxygen atoms in total. The molecule has 0 aromatic heterocycles. The van der Waals surface area contributed by atoms with E-state index in [1.807, 2.05) is 6.07 Å². The molecule has 2 rings (SSSR count). The highest BCUT2D eigenvalue weighted by molar-refractivity contribution is 5.84. The van der Waals surface area contributed by atoms with Crippen molar-refractivity contribution in [2.45, 2.75) is 6.10 Å². The molecular formula is C10H12N4O3. The van der Waals surface area contributed by atoms with E-state index in [-0.39, 0.29) is 12.6 Å². The first-order valence-corrected chi connectivity index (χ1v) is 4.94. The normalized spacial score (nSPS) is 17.1. The molecule has 1 atom stereocenters. The summed E-state index contributed by atoms with van der Waals surface area (Å²) in [6.45, 7) is 0.114. The van der Waals surface area contributed by atoms with Crippen LogP contribution in [0.25, 0.3) is 0 Å². The summed E-state index contributed by atoms with van der Waals surface area (Å²) in [7, 11) is 0. The summed E-state index contributed by atoms with van der Waals surface area (Å²) in [5, 5.41) is 3.39. The van der Waals surface area contributed by atoms with E-state index in [4.69, 9.17) is 20.9 Å². The lowest BCUT2D eigenvalue weighted by Gasteiger charge is -2.24. The maximum Gasteiger partial charge on any atom is 0.284 e. The van der Waals surface area contributed by atoms with E-state index in [9.17, 15) is 4.79 Å². The van der Waals surface area contributed by atoms with Gasteiger partial charge in [0.1, 0.15) is 6.61 Å². The second-order valence-electron chi connectivity index (χ2n) is 3.38. The van der Waals surface area contributed by atoms with Gasteiger partial charge in [0.05, 0.1) is 0 Å². The minimum atomic E-state index is -0.770. The predicted molar refractivity (Wildman–Crippen MR) is 60.3 cm³/mol. The molecule has 0 spiro atoms. The number of guanidine groups is 1. The largest absolute Gasteiger partial charge is 0.485 e. The SMILES string of the molecule is NC(N)=NNC(=O)C1COc2ccccc2O1. The monoisotopic (exact) mass is 236 g/mol. The number of fused-ring (bicyclic) bond motifs is 1. The Labute approximate surface area is 97.4 Å². The van der Waals surface area contributed by atoms with Crippen molar-refractivity contribution in [3.8, 4) is 11.5 Å². The number of nitrogens with one attached hydrogen (secondary N) is 1. The summed E-state index contributed by atoms with van der Waals surface area (Å²) in [4.78, 5) is 11.6. The van der Waals surface area contributed by atoms with Crippen molar-refractivity contribution in [1.29, 1.82) is 0 Å². The molecule has 1 amide bonds. The van der Waals surface area contributed by atoms with Gasteiger partial charge in [0, 0.05) is 0 Å². The standard InChI is InChI=1S/C10H12N4O3/c11-10(12)14-13-9(15)8-5-16-6-3-1-2-4-7(6)17-8/h1-4,8H,5H2,(H,13,15)(H4,11,12,14). The van der Waals surface area contributed by atoms with Gasteiger partial charge in [0.15, 0.2) is 11.5 Å². The van der Waals surface area contributed by atoms with E-state index in [2.05, 4.69) is 10.5 Å². The van der Waals surface area contributed by atoms with Crippen molar-refractivity contribution in [1.82, 2.24) is 5.43 Å². The Balaban J connectivity index is 2.02. The quantitative estimate of drug-likeness (QED) is 0.351. The van der Waals surface area contributed by atoms with Crippen molar-refractivity contribution in [3.05, 3.63) is 24.3 Å². The number of carbonyl (C=O) groups excluding carboxylic acids is 1. The highest BCUT2D eigenvalue weighted by Crippen LogP contribution is 2.30. The zero-order valence-corrected chi connectivity index (χ0v) is 8.92. The van der Waals surface area contributed by atoms with Crippen molar-refractivity contribution >= 4 is 11.9 Å². The Bertz CT molecular complexity index is 457. The van der Waals surface area contributed by atoms with Gasteiger partial charge in [-0.3, -0.25) is 4.79 Å². The van der Waals surface area contributed by atoms with Crippen LogP contribution in [0.1, 0.15) is 0 Å². The zero-order valence-electron chi connectivity index (χ0n) is 8.92. The molecule has 0 radical (unpaired) electrons. The summed E-state index contributed by atoms with van der Waals surface area (Å²) in [5.41, 5.74) is 12.4. The fraction of sp³-hybridized carbons (Fsp3) is 0.200. The van der Waals surface area contributed by atoms with Gasteiger partial charge in [-0.15, -0.1) is 5.10 Å². The Hall–Kier alpha value is -2.44. The van der Waals surface area contributed by atoms with Crippen molar-refractivity contribution < 1.29 is 14.3 Å². The van der Waals surface area contributed by atoms with Gasteiger partial charge in [-0.2, -0.15) is 0 Å². The molecule has 90 valence electrons. The molecule has 1 unspecified atom stereocenters. The third kappa shape index (κ3) is 2.57. The molecule has 5 N–H and O–H groups in total. The number of hydrogen-bond acceptors (Lipinski definition) is 4. The smallest absolute Gasteiger partial charge is 0.284 e. The number of para-hydroxylation sites is 2. The van der Waals surface area contributed by atoms with Crippen LogP contribution in [-0.4, -0.2) is 24.6 Å². The number of benzene rings is 1. The van der Waals surface area contributed by atoms with Crippen molar-refractivity contribution in [2.75, 3.05) is 6.61 Å². The van der Waals surface area contributed by atoms with Crippen LogP contribution in [0.5, 0.6) is 11.5 Å². The number of nitrogens with two attached hydrogens (primary N) is 2. The lowest BCUT2D eigenvalue weighted by molar-refractivity contribution is -0.130. The molecule has 0 bridgehead atoms. The summed E-state index contributed by atoms with van der Waals surface area (Å²) < 4.78 is 10.8. The highest BCUT2D eigenvalue weighted by atomic mass is 16.6. The topological polar surface area (TPSA) is 112 Å². The van der Waals surface area contributed by atoms with Crippen LogP contribution >= 0.6 is 0 Å². The summed E-state index contributed by atoms with van der Waals surface area (Å²) in [5.74, 6) is 0.436. The molecule has 1 aromatic carbocycles. The minimum Gasteiger partial charge on any atom is -0.485 e. The maximum absolute atomic E-state index is 11.6. The second kappa shape index (κ2) is 4.60. The molecule has 1 heterocycles. The van der Waals surface area contributed by atoms with Crippen LogP contribution < -0.4 is 26.4 Å². The Morgan fingerprint density at radius 2 is 2.06 bits per heavy atom. The highest BCUT2D eigenvalue weighted by Gasteiger charge is 2.27. The number of carbonyl (C=O) groups is 1. The number of ether oxygens (including phenoxy) is 2. The van der Waals surface area contributed by atoms with Crippen LogP contribution in [0, 0.1) is 0 Å². The lowest BCUT2D eigenvalue weighted by Crippen LogP contribution is -2.43. The van der Waals surface area contributed by atoms with Gasteiger partial charge in [-0.25, -0.2) is 5.43 Å². The molecule has 0 saturated heterocycles. The predicted octanol–water partition coefficient (Wildman–Crippen LogP) is -0.869. The number of nitrogens with zero attached hydrogens (tertiary/aromatic N) is 1. The third-order valence-corrected chi connectivity index (χ3v) is 2.10. The molecule has 0 aliphatic carbocycles. The van der Waals surface area contributed by atoms with E-state index >= 15 is 0 Å². The summed E-state index contributed by atoms with van der Waals surface area (Å²) in [6.07, 6.45) is -0.770. The molecule has 7 heteroatoms. The van der Waals surface area contributed by atoms with Gasteiger partial charge in [-0.1, -0.05) is 12.1 Å². The Morgan fingerprint density at radius 3 is 2.76 bits per heavy atom. The molecule has 1 aromatic rings. The van der Waals surface area contributed by atoms with E-state index in [1.165, 1.54) is 0 Å². The van der Waals surface area contributed by atoms with Crippen LogP contribution in [0.3, 0.4) is 0 Å².